The van der Waals surface area contributed by atoms with Gasteiger partial charge in [-0.25, -0.2) is 4.79 Å². The molecular formula is C13H14BrN3O4. The lowest BCUT2D eigenvalue weighted by Gasteiger charge is -2.24. The molecule has 0 unspecified atom stereocenters. The molecule has 7 nitrogen and oxygen atoms in total. The lowest BCUT2D eigenvalue weighted by molar-refractivity contribution is -0.0912. The van der Waals surface area contributed by atoms with Crippen LogP contribution in [0.2, 0.25) is 0 Å². The predicted octanol–water partition coefficient (Wildman–Crippen LogP) is -0.165. The highest BCUT2D eigenvalue weighted by atomic mass is 79.9. The maximum atomic E-state index is 11.9. The second kappa shape index (κ2) is 5.99. The number of aliphatic hydroxyl groups excluding tert-OH is 2. The number of nitrogen functional groups attached to an aromatic ring is 1. The Kier molecular flexibility index (Phi) is 4.49. The SMILES string of the molecule is C#C[C@]1(CO)O[C@@H](n2cc(C=CBr)c(N)nc2=O)C[C@@H]1O. The fraction of sp³-hybridized carbons (Fsp3) is 0.385. The van der Waals surface area contributed by atoms with Crippen LogP contribution in [0.1, 0.15) is 18.2 Å². The molecule has 1 aliphatic heterocycles. The third-order valence-electron chi connectivity index (χ3n) is 3.35. The Morgan fingerprint density at radius 2 is 2.48 bits per heavy atom. The Bertz CT molecular complexity index is 666. The summed E-state index contributed by atoms with van der Waals surface area (Å²) >= 11 is 3.11. The largest absolute Gasteiger partial charge is 0.392 e. The normalized spacial score (nSPS) is 28.9. The predicted molar refractivity (Wildman–Crippen MR) is 80.3 cm³/mol. The Balaban J connectivity index is 2.43. The zero-order valence-corrected chi connectivity index (χ0v) is 12.5. The summed E-state index contributed by atoms with van der Waals surface area (Å²) in [5.74, 6) is 2.32. The number of hydrogen-bond donors (Lipinski definition) is 3. The van der Waals surface area contributed by atoms with Gasteiger partial charge in [-0.05, 0) is 11.1 Å². The van der Waals surface area contributed by atoms with E-state index in [1.807, 2.05) is 0 Å². The van der Waals surface area contributed by atoms with Crippen LogP contribution in [0, 0.1) is 12.3 Å². The molecular weight excluding hydrogens is 342 g/mol. The topological polar surface area (TPSA) is 111 Å². The van der Waals surface area contributed by atoms with Crippen molar-refractivity contribution in [2.24, 2.45) is 0 Å². The molecule has 1 fully saturated rings. The second-order valence-corrected chi connectivity index (χ2v) is 5.11. The minimum absolute atomic E-state index is 0.0632. The van der Waals surface area contributed by atoms with Crippen LogP contribution in [-0.4, -0.2) is 38.1 Å². The summed E-state index contributed by atoms with van der Waals surface area (Å²) in [7, 11) is 0. The fourth-order valence-electron chi connectivity index (χ4n) is 2.14. The molecule has 1 aromatic heterocycles. The Morgan fingerprint density at radius 3 is 3.00 bits per heavy atom. The van der Waals surface area contributed by atoms with E-state index in [1.54, 1.807) is 11.1 Å². The highest BCUT2D eigenvalue weighted by Gasteiger charge is 2.47. The Hall–Kier alpha value is -1.66. The number of aromatic nitrogens is 2. The molecule has 1 saturated heterocycles. The van der Waals surface area contributed by atoms with Crippen molar-refractivity contribution in [3.8, 4) is 12.3 Å². The molecule has 0 spiro atoms. The van der Waals surface area contributed by atoms with Crippen molar-refractivity contribution < 1.29 is 14.9 Å². The monoisotopic (exact) mass is 355 g/mol. The van der Waals surface area contributed by atoms with Gasteiger partial charge in [-0.3, -0.25) is 4.57 Å². The highest BCUT2D eigenvalue weighted by Crippen LogP contribution is 2.35. The van der Waals surface area contributed by atoms with Gasteiger partial charge in [0.2, 0.25) is 0 Å². The van der Waals surface area contributed by atoms with Crippen molar-refractivity contribution in [3.63, 3.8) is 0 Å². The summed E-state index contributed by atoms with van der Waals surface area (Å²) in [6.07, 6.45) is 6.54. The maximum Gasteiger partial charge on any atom is 0.351 e. The third-order valence-corrected chi connectivity index (χ3v) is 3.62. The molecule has 21 heavy (non-hydrogen) atoms. The molecule has 112 valence electrons. The van der Waals surface area contributed by atoms with E-state index in [0.29, 0.717) is 5.56 Å². The molecule has 0 saturated carbocycles. The quantitative estimate of drug-likeness (QED) is 0.649. The van der Waals surface area contributed by atoms with E-state index in [9.17, 15) is 15.0 Å². The van der Waals surface area contributed by atoms with E-state index in [0.717, 1.165) is 0 Å². The van der Waals surface area contributed by atoms with E-state index >= 15 is 0 Å². The van der Waals surface area contributed by atoms with Gasteiger partial charge in [0, 0.05) is 18.2 Å². The van der Waals surface area contributed by atoms with Crippen molar-refractivity contribution in [3.05, 3.63) is 27.2 Å². The molecule has 2 rings (SSSR count). The zero-order valence-electron chi connectivity index (χ0n) is 10.9. The summed E-state index contributed by atoms with van der Waals surface area (Å²) in [6.45, 7) is -0.549. The van der Waals surface area contributed by atoms with E-state index < -0.39 is 30.2 Å². The van der Waals surface area contributed by atoms with E-state index in [1.165, 1.54) is 10.8 Å². The van der Waals surface area contributed by atoms with Crippen molar-refractivity contribution >= 4 is 27.8 Å². The molecule has 3 atom stereocenters. The maximum absolute atomic E-state index is 11.9. The van der Waals surface area contributed by atoms with Crippen LogP contribution in [0.4, 0.5) is 5.82 Å². The molecule has 4 N–H and O–H groups in total. The van der Waals surface area contributed by atoms with Gasteiger partial charge in [0.25, 0.3) is 0 Å². The minimum Gasteiger partial charge on any atom is -0.392 e. The first kappa shape index (κ1) is 15.7. The van der Waals surface area contributed by atoms with Crippen LogP contribution < -0.4 is 11.4 Å². The number of rotatable bonds is 3. The summed E-state index contributed by atoms with van der Waals surface area (Å²) in [4.78, 5) is 17.2. The zero-order chi connectivity index (χ0) is 15.6. The molecule has 8 heteroatoms. The van der Waals surface area contributed by atoms with Crippen LogP contribution in [-0.2, 0) is 4.74 Å². The van der Waals surface area contributed by atoms with Crippen molar-refractivity contribution in [2.45, 2.75) is 24.4 Å². The number of hydrogen-bond acceptors (Lipinski definition) is 6. The van der Waals surface area contributed by atoms with Crippen molar-refractivity contribution in [1.29, 1.82) is 0 Å². The average molecular weight is 356 g/mol. The van der Waals surface area contributed by atoms with Crippen molar-refractivity contribution in [2.75, 3.05) is 12.3 Å². The standard InChI is InChI=1S/C13H14BrN3O4/c1-2-13(7-18)9(19)5-10(21-13)17-6-8(3-4-14)11(15)16-12(17)20/h1,3-4,6,9-10,18-19H,5,7H2,(H2,15,16,20)/t9-,10+,13+/m0/s1. The average Bonchev–Trinajstić information content (AvgIpc) is 2.79. The first-order valence-electron chi connectivity index (χ1n) is 6.07. The highest BCUT2D eigenvalue weighted by molar-refractivity contribution is 9.11. The fourth-order valence-corrected chi connectivity index (χ4v) is 2.42. The minimum atomic E-state index is -1.52. The van der Waals surface area contributed by atoms with Gasteiger partial charge < -0.3 is 20.7 Å². The van der Waals surface area contributed by atoms with Gasteiger partial charge in [0.15, 0.2) is 5.60 Å². The smallest absolute Gasteiger partial charge is 0.351 e. The first-order chi connectivity index (χ1) is 9.97. The molecule has 0 aromatic carbocycles. The number of nitrogens with two attached hydrogens (primary N) is 1. The summed E-state index contributed by atoms with van der Waals surface area (Å²) < 4.78 is 6.70. The molecule has 0 radical (unpaired) electrons. The van der Waals surface area contributed by atoms with Gasteiger partial charge >= 0.3 is 5.69 Å². The molecule has 2 heterocycles. The number of aliphatic hydroxyl groups is 2. The van der Waals surface area contributed by atoms with Crippen LogP contribution in [0.3, 0.4) is 0 Å². The molecule has 1 aromatic rings. The van der Waals surface area contributed by atoms with Crippen LogP contribution in [0.15, 0.2) is 16.0 Å². The molecule has 0 amide bonds. The van der Waals surface area contributed by atoms with Crippen LogP contribution in [0.25, 0.3) is 6.08 Å². The summed E-state index contributed by atoms with van der Waals surface area (Å²) in [5, 5.41) is 19.3. The number of anilines is 1. The lowest BCUT2D eigenvalue weighted by Crippen LogP contribution is -2.41. The molecule has 1 aliphatic rings. The Morgan fingerprint density at radius 1 is 1.76 bits per heavy atom. The number of ether oxygens (including phenoxy) is 1. The third kappa shape index (κ3) is 2.73. The van der Waals surface area contributed by atoms with E-state index in [-0.39, 0.29) is 12.2 Å². The van der Waals surface area contributed by atoms with Gasteiger partial charge in [0.1, 0.15) is 18.1 Å². The van der Waals surface area contributed by atoms with Gasteiger partial charge in [0.05, 0.1) is 6.61 Å². The van der Waals surface area contributed by atoms with Crippen LogP contribution in [0.5, 0.6) is 0 Å². The number of halogens is 1. The molecule has 0 bridgehead atoms. The second-order valence-electron chi connectivity index (χ2n) is 4.58. The van der Waals surface area contributed by atoms with Gasteiger partial charge in [-0.1, -0.05) is 21.9 Å². The lowest BCUT2D eigenvalue weighted by atomic mass is 9.99. The Labute approximate surface area is 129 Å². The van der Waals surface area contributed by atoms with Crippen molar-refractivity contribution in [1.82, 2.24) is 9.55 Å². The summed E-state index contributed by atoms with van der Waals surface area (Å²) in [5.41, 5.74) is 4.02. The van der Waals surface area contributed by atoms with Gasteiger partial charge in [-0.15, -0.1) is 6.42 Å². The van der Waals surface area contributed by atoms with Crippen LogP contribution >= 0.6 is 15.9 Å². The van der Waals surface area contributed by atoms with Gasteiger partial charge in [-0.2, -0.15) is 4.98 Å². The van der Waals surface area contributed by atoms with E-state index in [4.69, 9.17) is 16.9 Å². The number of nitrogens with zero attached hydrogens (tertiary/aromatic N) is 2. The first-order valence-corrected chi connectivity index (χ1v) is 6.99. The molecule has 0 aliphatic carbocycles. The van der Waals surface area contributed by atoms with E-state index in [2.05, 4.69) is 26.8 Å². The number of terminal acetylenes is 1. The summed E-state index contributed by atoms with van der Waals surface area (Å²) in [6, 6.07) is 0.